The molecule has 0 saturated heterocycles. The standard InChI is InChI=1S/C16H22N2O2/c1-16(2,7-8-19)11-18-15(20)9-12-10-17-14-6-4-3-5-13(12)14/h3-6,10,17,19H,7-9,11H2,1-2H3,(H,18,20). The zero-order valence-electron chi connectivity index (χ0n) is 12.1. The first-order valence-electron chi connectivity index (χ1n) is 6.94. The highest BCUT2D eigenvalue weighted by molar-refractivity contribution is 5.88. The van der Waals surface area contributed by atoms with E-state index in [9.17, 15) is 4.79 Å². The summed E-state index contributed by atoms with van der Waals surface area (Å²) in [5.74, 6) is 0.0146. The second-order valence-electron chi connectivity index (χ2n) is 5.95. The summed E-state index contributed by atoms with van der Waals surface area (Å²) < 4.78 is 0. The number of aliphatic hydroxyl groups is 1. The number of hydrogen-bond acceptors (Lipinski definition) is 2. The molecular formula is C16H22N2O2. The number of rotatable bonds is 6. The minimum absolute atomic E-state index is 0.0146. The van der Waals surface area contributed by atoms with Gasteiger partial charge in [0.2, 0.25) is 5.91 Å². The molecular weight excluding hydrogens is 252 g/mol. The quantitative estimate of drug-likeness (QED) is 0.756. The molecule has 1 heterocycles. The third kappa shape index (κ3) is 3.61. The molecule has 108 valence electrons. The normalized spacial score (nSPS) is 11.8. The molecule has 0 aliphatic heterocycles. The maximum absolute atomic E-state index is 12.0. The van der Waals surface area contributed by atoms with Crippen molar-refractivity contribution in [1.29, 1.82) is 0 Å². The average Bonchev–Trinajstić information content (AvgIpc) is 2.80. The first kappa shape index (κ1) is 14.6. The lowest BCUT2D eigenvalue weighted by Crippen LogP contribution is -2.35. The number of fused-ring (bicyclic) bond motifs is 1. The molecule has 2 rings (SSSR count). The van der Waals surface area contributed by atoms with Crippen molar-refractivity contribution < 1.29 is 9.90 Å². The van der Waals surface area contributed by atoms with Gasteiger partial charge in [-0.25, -0.2) is 0 Å². The number of H-pyrrole nitrogens is 1. The van der Waals surface area contributed by atoms with E-state index in [0.29, 0.717) is 19.4 Å². The van der Waals surface area contributed by atoms with Gasteiger partial charge in [0.25, 0.3) is 0 Å². The summed E-state index contributed by atoms with van der Waals surface area (Å²) in [6.45, 7) is 4.80. The highest BCUT2D eigenvalue weighted by Crippen LogP contribution is 2.19. The van der Waals surface area contributed by atoms with Crippen molar-refractivity contribution >= 4 is 16.8 Å². The molecule has 4 heteroatoms. The fourth-order valence-corrected chi connectivity index (χ4v) is 2.24. The summed E-state index contributed by atoms with van der Waals surface area (Å²) in [6, 6.07) is 7.97. The molecule has 1 amide bonds. The molecule has 0 unspecified atom stereocenters. The highest BCUT2D eigenvalue weighted by Gasteiger charge is 2.18. The van der Waals surface area contributed by atoms with Crippen LogP contribution in [0.4, 0.5) is 0 Å². The second kappa shape index (κ2) is 6.09. The lowest BCUT2D eigenvalue weighted by atomic mass is 9.89. The van der Waals surface area contributed by atoms with Crippen LogP contribution in [0.3, 0.4) is 0 Å². The molecule has 0 fully saturated rings. The Morgan fingerprint density at radius 1 is 1.35 bits per heavy atom. The molecule has 0 spiro atoms. The summed E-state index contributed by atoms with van der Waals surface area (Å²) in [6.07, 6.45) is 2.95. The van der Waals surface area contributed by atoms with Gasteiger partial charge in [0, 0.05) is 30.3 Å². The van der Waals surface area contributed by atoms with Crippen LogP contribution in [0, 0.1) is 5.41 Å². The third-order valence-electron chi connectivity index (χ3n) is 3.58. The Morgan fingerprint density at radius 2 is 2.10 bits per heavy atom. The smallest absolute Gasteiger partial charge is 0.224 e. The number of hydrogen-bond donors (Lipinski definition) is 3. The number of carbonyl (C=O) groups is 1. The Bertz CT molecular complexity index is 587. The van der Waals surface area contributed by atoms with Crippen LogP contribution < -0.4 is 5.32 Å². The molecule has 0 aliphatic rings. The molecule has 0 aliphatic carbocycles. The lowest BCUT2D eigenvalue weighted by Gasteiger charge is -2.23. The largest absolute Gasteiger partial charge is 0.396 e. The Hall–Kier alpha value is -1.81. The average molecular weight is 274 g/mol. The number of para-hydroxylation sites is 1. The number of benzene rings is 1. The maximum atomic E-state index is 12.0. The van der Waals surface area contributed by atoms with Gasteiger partial charge in [-0.3, -0.25) is 4.79 Å². The van der Waals surface area contributed by atoms with Crippen LogP contribution in [0.15, 0.2) is 30.5 Å². The summed E-state index contributed by atoms with van der Waals surface area (Å²) in [4.78, 5) is 15.2. The number of amides is 1. The molecule has 0 atom stereocenters. The van der Waals surface area contributed by atoms with E-state index in [4.69, 9.17) is 5.11 Å². The Balaban J connectivity index is 1.95. The highest BCUT2D eigenvalue weighted by atomic mass is 16.3. The van der Waals surface area contributed by atoms with Crippen LogP contribution in [0.1, 0.15) is 25.8 Å². The van der Waals surface area contributed by atoms with E-state index < -0.39 is 0 Å². The van der Waals surface area contributed by atoms with E-state index in [0.717, 1.165) is 16.5 Å². The van der Waals surface area contributed by atoms with Crippen LogP contribution in [0.5, 0.6) is 0 Å². The topological polar surface area (TPSA) is 65.1 Å². The van der Waals surface area contributed by atoms with Gasteiger partial charge in [-0.1, -0.05) is 32.0 Å². The first-order valence-corrected chi connectivity index (χ1v) is 6.94. The van der Waals surface area contributed by atoms with Crippen LogP contribution >= 0.6 is 0 Å². The SMILES string of the molecule is CC(C)(CCO)CNC(=O)Cc1c[nH]c2ccccc12. The van der Waals surface area contributed by atoms with Gasteiger partial charge in [0.05, 0.1) is 6.42 Å². The Kier molecular flexibility index (Phi) is 4.45. The zero-order valence-corrected chi connectivity index (χ0v) is 12.1. The minimum atomic E-state index is -0.0787. The maximum Gasteiger partial charge on any atom is 0.224 e. The van der Waals surface area contributed by atoms with Crippen molar-refractivity contribution in [3.05, 3.63) is 36.0 Å². The fraction of sp³-hybridized carbons (Fsp3) is 0.438. The number of aromatic nitrogens is 1. The molecule has 1 aromatic carbocycles. The summed E-state index contributed by atoms with van der Waals surface area (Å²) in [7, 11) is 0. The third-order valence-corrected chi connectivity index (χ3v) is 3.58. The molecule has 2 aromatic rings. The monoisotopic (exact) mass is 274 g/mol. The molecule has 0 saturated carbocycles. The van der Waals surface area contributed by atoms with Crippen LogP contribution in [-0.2, 0) is 11.2 Å². The number of nitrogens with one attached hydrogen (secondary N) is 2. The van der Waals surface area contributed by atoms with E-state index in [1.165, 1.54) is 0 Å². The van der Waals surface area contributed by atoms with Gasteiger partial charge in [-0.05, 0) is 23.5 Å². The second-order valence-corrected chi connectivity index (χ2v) is 5.95. The van der Waals surface area contributed by atoms with Crippen molar-refractivity contribution in [1.82, 2.24) is 10.3 Å². The van der Waals surface area contributed by atoms with Gasteiger partial charge in [0.1, 0.15) is 0 Å². The summed E-state index contributed by atoms with van der Waals surface area (Å²) in [5, 5.41) is 13.0. The molecule has 4 nitrogen and oxygen atoms in total. The van der Waals surface area contributed by atoms with Crippen molar-refractivity contribution in [2.45, 2.75) is 26.7 Å². The minimum Gasteiger partial charge on any atom is -0.396 e. The zero-order chi connectivity index (χ0) is 14.6. The van der Waals surface area contributed by atoms with E-state index >= 15 is 0 Å². The van der Waals surface area contributed by atoms with E-state index in [-0.39, 0.29) is 17.9 Å². The molecule has 0 bridgehead atoms. The Labute approximate surface area is 119 Å². The summed E-state index contributed by atoms with van der Waals surface area (Å²) >= 11 is 0. The molecule has 0 radical (unpaired) electrons. The van der Waals surface area contributed by atoms with E-state index in [2.05, 4.69) is 10.3 Å². The van der Waals surface area contributed by atoms with Crippen LogP contribution in [-0.4, -0.2) is 29.1 Å². The Morgan fingerprint density at radius 3 is 2.85 bits per heavy atom. The molecule has 1 aromatic heterocycles. The van der Waals surface area contributed by atoms with Crippen LogP contribution in [0.25, 0.3) is 10.9 Å². The van der Waals surface area contributed by atoms with Crippen molar-refractivity contribution in [3.63, 3.8) is 0 Å². The predicted molar refractivity (Wildman–Crippen MR) is 80.5 cm³/mol. The van der Waals surface area contributed by atoms with Crippen molar-refractivity contribution in [3.8, 4) is 0 Å². The molecule has 3 N–H and O–H groups in total. The number of aliphatic hydroxyl groups excluding tert-OH is 1. The van der Waals surface area contributed by atoms with Gasteiger partial charge < -0.3 is 15.4 Å². The van der Waals surface area contributed by atoms with Crippen LogP contribution in [0.2, 0.25) is 0 Å². The number of aromatic amines is 1. The lowest BCUT2D eigenvalue weighted by molar-refractivity contribution is -0.120. The van der Waals surface area contributed by atoms with E-state index in [1.54, 1.807) is 0 Å². The van der Waals surface area contributed by atoms with Gasteiger partial charge >= 0.3 is 0 Å². The van der Waals surface area contributed by atoms with Gasteiger partial charge in [-0.2, -0.15) is 0 Å². The molecule has 20 heavy (non-hydrogen) atoms. The van der Waals surface area contributed by atoms with Gasteiger partial charge in [-0.15, -0.1) is 0 Å². The van der Waals surface area contributed by atoms with E-state index in [1.807, 2.05) is 44.3 Å². The number of carbonyl (C=O) groups excluding carboxylic acids is 1. The summed E-state index contributed by atoms with van der Waals surface area (Å²) in [5.41, 5.74) is 1.99. The van der Waals surface area contributed by atoms with Gasteiger partial charge in [0.15, 0.2) is 0 Å². The fourth-order valence-electron chi connectivity index (χ4n) is 2.24. The first-order chi connectivity index (χ1) is 9.52. The van der Waals surface area contributed by atoms with Crippen molar-refractivity contribution in [2.24, 2.45) is 5.41 Å². The predicted octanol–water partition coefficient (Wildman–Crippen LogP) is 2.24. The van der Waals surface area contributed by atoms with Crippen molar-refractivity contribution in [2.75, 3.05) is 13.2 Å².